The molecule has 0 radical (unpaired) electrons. The van der Waals surface area contributed by atoms with Crippen LogP contribution in [0.5, 0.6) is 0 Å². The topological polar surface area (TPSA) is 38.3 Å². The summed E-state index contributed by atoms with van der Waals surface area (Å²) in [5, 5.41) is 3.11. The molecule has 5 heteroatoms. The van der Waals surface area contributed by atoms with Crippen molar-refractivity contribution in [3.8, 4) is 0 Å². The molecule has 0 aliphatic rings. The van der Waals surface area contributed by atoms with Gasteiger partial charge in [0.05, 0.1) is 7.11 Å². The highest BCUT2D eigenvalue weighted by Crippen LogP contribution is 2.09. The molecule has 1 unspecified atom stereocenters. The number of carbonyl (C=O) groups excluding carboxylic acids is 1. The number of nitrogens with one attached hydrogen (secondary N) is 1. The molecule has 3 nitrogen and oxygen atoms in total. The van der Waals surface area contributed by atoms with E-state index >= 15 is 0 Å². The van der Waals surface area contributed by atoms with Crippen LogP contribution in [0.25, 0.3) is 0 Å². The maximum absolute atomic E-state index is 11.0. The summed E-state index contributed by atoms with van der Waals surface area (Å²) in [5.41, 5.74) is 1.08. The number of benzene rings is 1. The highest BCUT2D eigenvalue weighted by atomic mass is 35.5. The van der Waals surface area contributed by atoms with Crippen LogP contribution in [0.1, 0.15) is 5.56 Å². The average Bonchev–Trinajstić information content (AvgIpc) is 2.30. The number of rotatable bonds is 5. The Kier molecular flexibility index (Phi) is 5.60. The first-order valence-corrected chi connectivity index (χ1v) is 5.62. The maximum Gasteiger partial charge on any atom is 0.325 e. The van der Waals surface area contributed by atoms with Crippen LogP contribution in [0.2, 0.25) is 5.02 Å². The van der Waals surface area contributed by atoms with Crippen LogP contribution in [0.4, 0.5) is 0 Å². The third-order valence-electron chi connectivity index (χ3n) is 2.02. The molecule has 0 saturated heterocycles. The van der Waals surface area contributed by atoms with Gasteiger partial charge in [-0.3, -0.25) is 4.79 Å². The number of hydrogen-bond donors (Lipinski definition) is 1. The fourth-order valence-corrected chi connectivity index (χ4v) is 1.48. The lowest BCUT2D eigenvalue weighted by molar-refractivity contribution is -0.140. The molecule has 1 atom stereocenters. The van der Waals surface area contributed by atoms with E-state index in [4.69, 9.17) is 23.2 Å². The van der Waals surface area contributed by atoms with E-state index in [1.54, 1.807) is 0 Å². The summed E-state index contributed by atoms with van der Waals surface area (Å²) in [5.74, 6) is -0.426. The Labute approximate surface area is 105 Å². The zero-order chi connectivity index (χ0) is 12.0. The number of methoxy groups -OCH3 is 1. The third kappa shape index (κ3) is 4.39. The van der Waals surface area contributed by atoms with Gasteiger partial charge in [-0.25, -0.2) is 0 Å². The molecular formula is C11H13Cl2NO2. The summed E-state index contributed by atoms with van der Waals surface area (Å²) in [4.78, 5) is 11.0. The van der Waals surface area contributed by atoms with Crippen molar-refractivity contribution in [2.24, 2.45) is 0 Å². The normalized spacial score (nSPS) is 12.2. The van der Waals surface area contributed by atoms with Crippen molar-refractivity contribution in [3.63, 3.8) is 0 Å². The zero-order valence-electron chi connectivity index (χ0n) is 8.87. The minimum atomic E-state index is -0.655. The van der Waals surface area contributed by atoms with Gasteiger partial charge >= 0.3 is 5.97 Å². The van der Waals surface area contributed by atoms with Crippen LogP contribution in [-0.4, -0.2) is 25.0 Å². The summed E-state index contributed by atoms with van der Waals surface area (Å²) < 4.78 is 4.50. The van der Waals surface area contributed by atoms with Crippen molar-refractivity contribution in [2.75, 3.05) is 13.7 Å². The summed E-state index contributed by atoms with van der Waals surface area (Å²) in [6.07, 6.45) is 0. The minimum Gasteiger partial charge on any atom is -0.468 e. The highest BCUT2D eigenvalue weighted by Gasteiger charge is 2.14. The zero-order valence-corrected chi connectivity index (χ0v) is 10.4. The Bertz CT molecular complexity index is 340. The first-order chi connectivity index (χ1) is 7.63. The Hall–Kier alpha value is -0.770. The lowest BCUT2D eigenvalue weighted by atomic mass is 10.2. The van der Waals surface area contributed by atoms with E-state index in [1.165, 1.54) is 7.11 Å². The van der Waals surface area contributed by atoms with E-state index < -0.39 is 11.3 Å². The molecule has 16 heavy (non-hydrogen) atoms. The van der Waals surface area contributed by atoms with Crippen molar-refractivity contribution in [1.29, 1.82) is 0 Å². The lowest BCUT2D eigenvalue weighted by Crippen LogP contribution is -2.29. The second kappa shape index (κ2) is 6.74. The second-order valence-corrected chi connectivity index (χ2v) is 4.21. The third-order valence-corrected chi connectivity index (χ3v) is 2.61. The van der Waals surface area contributed by atoms with Gasteiger partial charge in [-0.05, 0) is 17.7 Å². The SMILES string of the molecule is COC(=O)C(Cl)CNCc1ccc(Cl)cc1. The molecular weight excluding hydrogens is 249 g/mol. The van der Waals surface area contributed by atoms with E-state index in [1.807, 2.05) is 24.3 Å². The standard InChI is InChI=1S/C11H13Cl2NO2/c1-16-11(15)10(13)7-14-6-8-2-4-9(12)5-3-8/h2-5,10,14H,6-7H2,1H3. The monoisotopic (exact) mass is 261 g/mol. The molecule has 0 amide bonds. The fourth-order valence-electron chi connectivity index (χ4n) is 1.16. The number of halogens is 2. The number of esters is 1. The molecule has 0 spiro atoms. The second-order valence-electron chi connectivity index (χ2n) is 3.25. The molecule has 1 aromatic carbocycles. The molecule has 0 aliphatic carbocycles. The Morgan fingerprint density at radius 1 is 1.44 bits per heavy atom. The number of alkyl halides is 1. The molecule has 0 aliphatic heterocycles. The quantitative estimate of drug-likeness (QED) is 0.653. The number of carbonyl (C=O) groups is 1. The summed E-state index contributed by atoms with van der Waals surface area (Å²) in [6.45, 7) is 1.01. The van der Waals surface area contributed by atoms with Crippen LogP contribution in [0.3, 0.4) is 0 Å². The molecule has 1 rings (SSSR count). The maximum atomic E-state index is 11.0. The van der Waals surface area contributed by atoms with E-state index in [0.29, 0.717) is 18.1 Å². The minimum absolute atomic E-state index is 0.372. The largest absolute Gasteiger partial charge is 0.468 e. The lowest BCUT2D eigenvalue weighted by Gasteiger charge is -2.08. The van der Waals surface area contributed by atoms with Crippen LogP contribution in [0.15, 0.2) is 24.3 Å². The fraction of sp³-hybridized carbons (Fsp3) is 0.364. The summed E-state index contributed by atoms with van der Waals surface area (Å²) in [6, 6.07) is 7.46. The van der Waals surface area contributed by atoms with Gasteiger partial charge < -0.3 is 10.1 Å². The van der Waals surface area contributed by atoms with Crippen LogP contribution < -0.4 is 5.32 Å². The van der Waals surface area contributed by atoms with E-state index in [-0.39, 0.29) is 0 Å². The molecule has 0 aromatic heterocycles. The van der Waals surface area contributed by atoms with Crippen molar-refractivity contribution in [1.82, 2.24) is 5.32 Å². The average molecular weight is 262 g/mol. The Balaban J connectivity index is 2.30. The van der Waals surface area contributed by atoms with Gasteiger partial charge in [-0.2, -0.15) is 0 Å². The Morgan fingerprint density at radius 3 is 2.62 bits per heavy atom. The van der Waals surface area contributed by atoms with Crippen LogP contribution >= 0.6 is 23.2 Å². The summed E-state index contributed by atoms with van der Waals surface area (Å²) in [7, 11) is 1.32. The van der Waals surface area contributed by atoms with Crippen molar-refractivity contribution in [2.45, 2.75) is 11.9 Å². The van der Waals surface area contributed by atoms with Crippen molar-refractivity contribution in [3.05, 3.63) is 34.9 Å². The first kappa shape index (κ1) is 13.3. The molecule has 0 bridgehead atoms. The van der Waals surface area contributed by atoms with E-state index in [0.717, 1.165) is 5.56 Å². The van der Waals surface area contributed by atoms with Crippen molar-refractivity contribution < 1.29 is 9.53 Å². The number of hydrogen-bond acceptors (Lipinski definition) is 3. The van der Waals surface area contributed by atoms with Crippen molar-refractivity contribution >= 4 is 29.2 Å². The predicted molar refractivity (Wildman–Crippen MR) is 64.8 cm³/mol. The van der Waals surface area contributed by atoms with Gasteiger partial charge in [0, 0.05) is 18.1 Å². The summed E-state index contributed by atoms with van der Waals surface area (Å²) >= 11 is 11.5. The molecule has 0 saturated carbocycles. The Morgan fingerprint density at radius 2 is 2.06 bits per heavy atom. The molecule has 1 N–H and O–H groups in total. The van der Waals surface area contributed by atoms with Gasteiger partial charge in [-0.1, -0.05) is 23.7 Å². The molecule has 0 fully saturated rings. The van der Waals surface area contributed by atoms with Crippen LogP contribution in [-0.2, 0) is 16.1 Å². The molecule has 0 heterocycles. The molecule has 1 aromatic rings. The molecule has 88 valence electrons. The first-order valence-electron chi connectivity index (χ1n) is 4.80. The van der Waals surface area contributed by atoms with Gasteiger partial charge in [0.25, 0.3) is 0 Å². The number of ether oxygens (including phenoxy) is 1. The van der Waals surface area contributed by atoms with Gasteiger partial charge in [0.2, 0.25) is 0 Å². The predicted octanol–water partition coefficient (Wildman–Crippen LogP) is 2.21. The van der Waals surface area contributed by atoms with Gasteiger partial charge in [0.1, 0.15) is 5.38 Å². The van der Waals surface area contributed by atoms with Crippen LogP contribution in [0, 0.1) is 0 Å². The van der Waals surface area contributed by atoms with Gasteiger partial charge in [0.15, 0.2) is 0 Å². The smallest absolute Gasteiger partial charge is 0.325 e. The van der Waals surface area contributed by atoms with E-state index in [2.05, 4.69) is 10.1 Å². The van der Waals surface area contributed by atoms with E-state index in [9.17, 15) is 4.79 Å². The van der Waals surface area contributed by atoms with Gasteiger partial charge in [-0.15, -0.1) is 11.6 Å². The highest BCUT2D eigenvalue weighted by molar-refractivity contribution is 6.30.